The molecule has 0 fully saturated rings. The molecular weight excluding hydrogens is 438 g/mol. The summed E-state index contributed by atoms with van der Waals surface area (Å²) in [6, 6.07) is 32.5. The molecule has 0 saturated heterocycles. The van der Waals surface area contributed by atoms with Crippen molar-refractivity contribution in [2.75, 3.05) is 10.6 Å². The summed E-state index contributed by atoms with van der Waals surface area (Å²) < 4.78 is 0.774. The lowest BCUT2D eigenvalue weighted by Gasteiger charge is -2.28. The van der Waals surface area contributed by atoms with Crippen LogP contribution in [-0.2, 0) is 0 Å². The molecule has 0 spiro atoms. The minimum Gasteiger partial charge on any atom is -0.392 e. The van der Waals surface area contributed by atoms with Crippen molar-refractivity contribution < 1.29 is 5.11 Å². The monoisotopic (exact) mass is 461 g/mol. The fraction of sp³-hybridized carbons (Fsp3) is 0.182. The van der Waals surface area contributed by atoms with E-state index in [2.05, 4.69) is 114 Å². The molecule has 0 aliphatic heterocycles. The smallest absolute Gasteiger partial charge is 0.112 e. The second-order valence-electron chi connectivity index (χ2n) is 6.14. The first-order valence-corrected chi connectivity index (χ1v) is 12.1. The van der Waals surface area contributed by atoms with Crippen molar-refractivity contribution in [2.24, 2.45) is 0 Å². The van der Waals surface area contributed by atoms with E-state index in [0.717, 1.165) is 17.0 Å². The van der Waals surface area contributed by atoms with Crippen LogP contribution in [0.15, 0.2) is 91.0 Å². The summed E-state index contributed by atoms with van der Waals surface area (Å²) in [6.45, 7) is 0. The first-order valence-electron chi connectivity index (χ1n) is 8.56. The van der Waals surface area contributed by atoms with E-state index in [1.807, 2.05) is 0 Å². The van der Waals surface area contributed by atoms with Crippen molar-refractivity contribution in [1.82, 2.24) is 0 Å². The standard InChI is InChI=1S/C22H23IOP/c23-18-19(24)16-17-25(20-10-4-1-5-11-20,21-12-6-2-7-13-21)22-14-8-3-9-15-22/h1-15,19,24H,16-18H2/q+1. The first-order chi connectivity index (χ1) is 12.3. The third-order valence-corrected chi connectivity index (χ3v) is 10.1. The van der Waals surface area contributed by atoms with Crippen LogP contribution in [0.25, 0.3) is 0 Å². The SMILES string of the molecule is OC(CI)CC[P+](c1ccccc1)(c1ccccc1)c1ccccc1. The minimum absolute atomic E-state index is 0.254. The zero-order chi connectivity index (χ0) is 17.5. The fourth-order valence-corrected chi connectivity index (χ4v) is 8.14. The largest absolute Gasteiger partial charge is 0.392 e. The number of aliphatic hydroxyl groups excluding tert-OH is 1. The molecule has 0 amide bonds. The van der Waals surface area contributed by atoms with Gasteiger partial charge in [-0.1, -0.05) is 77.2 Å². The molecule has 0 aromatic heterocycles. The molecule has 3 rings (SSSR count). The van der Waals surface area contributed by atoms with E-state index in [-0.39, 0.29) is 6.10 Å². The van der Waals surface area contributed by atoms with Crippen LogP contribution in [0.5, 0.6) is 0 Å². The molecule has 0 saturated carbocycles. The molecule has 0 aliphatic rings. The van der Waals surface area contributed by atoms with Gasteiger partial charge in [-0.2, -0.15) is 0 Å². The summed E-state index contributed by atoms with van der Waals surface area (Å²) in [6.07, 6.45) is 1.54. The Morgan fingerprint density at radius 2 is 1.04 bits per heavy atom. The molecule has 3 aromatic carbocycles. The Morgan fingerprint density at radius 1 is 0.680 bits per heavy atom. The molecule has 3 aromatic rings. The molecular formula is C22H23IOP+. The van der Waals surface area contributed by atoms with Gasteiger partial charge in [0, 0.05) is 10.8 Å². The number of hydrogen-bond acceptors (Lipinski definition) is 1. The molecule has 0 aliphatic carbocycles. The lowest BCUT2D eigenvalue weighted by Crippen LogP contribution is -2.34. The van der Waals surface area contributed by atoms with Crippen molar-refractivity contribution in [3.05, 3.63) is 91.0 Å². The summed E-state index contributed by atoms with van der Waals surface area (Å²) in [5, 5.41) is 14.4. The van der Waals surface area contributed by atoms with Crippen LogP contribution >= 0.6 is 29.9 Å². The van der Waals surface area contributed by atoms with Gasteiger partial charge in [-0.3, -0.25) is 0 Å². The Bertz CT molecular complexity index is 665. The lowest BCUT2D eigenvalue weighted by atomic mass is 10.3. The van der Waals surface area contributed by atoms with Crippen LogP contribution in [0.4, 0.5) is 0 Å². The van der Waals surface area contributed by atoms with Gasteiger partial charge < -0.3 is 5.11 Å². The van der Waals surface area contributed by atoms with Crippen LogP contribution in [0.2, 0.25) is 0 Å². The van der Waals surface area contributed by atoms with Gasteiger partial charge in [0.15, 0.2) is 0 Å². The van der Waals surface area contributed by atoms with Gasteiger partial charge in [0.1, 0.15) is 23.2 Å². The highest BCUT2D eigenvalue weighted by atomic mass is 127. The van der Waals surface area contributed by atoms with E-state index in [0.29, 0.717) is 0 Å². The number of rotatable bonds is 7. The number of aliphatic hydroxyl groups is 1. The van der Waals surface area contributed by atoms with E-state index >= 15 is 0 Å². The summed E-state index contributed by atoms with van der Waals surface area (Å²) in [5.41, 5.74) is 0. The molecule has 1 nitrogen and oxygen atoms in total. The Morgan fingerprint density at radius 3 is 1.36 bits per heavy atom. The Hall–Kier alpha value is -1.22. The maximum absolute atomic E-state index is 10.3. The van der Waals surface area contributed by atoms with Crippen LogP contribution in [0, 0.1) is 0 Å². The van der Waals surface area contributed by atoms with Crippen LogP contribution < -0.4 is 15.9 Å². The molecule has 0 bridgehead atoms. The van der Waals surface area contributed by atoms with Gasteiger partial charge in [-0.15, -0.1) is 0 Å². The van der Waals surface area contributed by atoms with Crippen molar-refractivity contribution in [3.8, 4) is 0 Å². The van der Waals surface area contributed by atoms with E-state index < -0.39 is 7.26 Å². The normalized spacial score (nSPS) is 12.7. The molecule has 1 N–H and O–H groups in total. The van der Waals surface area contributed by atoms with Gasteiger partial charge in [0.25, 0.3) is 0 Å². The van der Waals surface area contributed by atoms with Gasteiger partial charge in [-0.05, 0) is 36.4 Å². The number of alkyl halides is 1. The second kappa shape index (κ2) is 8.93. The second-order valence-corrected chi connectivity index (χ2v) is 10.6. The van der Waals surface area contributed by atoms with Crippen LogP contribution in [0.3, 0.4) is 0 Å². The molecule has 3 heteroatoms. The first kappa shape index (κ1) is 18.6. The quantitative estimate of drug-likeness (QED) is 0.318. The third-order valence-electron chi connectivity index (χ3n) is 4.57. The lowest BCUT2D eigenvalue weighted by molar-refractivity contribution is 0.199. The van der Waals surface area contributed by atoms with Crippen molar-refractivity contribution in [1.29, 1.82) is 0 Å². The Balaban J connectivity index is 2.20. The number of halogens is 1. The van der Waals surface area contributed by atoms with Gasteiger partial charge in [0.05, 0.1) is 12.3 Å². The van der Waals surface area contributed by atoms with Crippen LogP contribution in [-0.4, -0.2) is 21.8 Å². The average Bonchev–Trinajstić information content (AvgIpc) is 2.71. The van der Waals surface area contributed by atoms with Gasteiger partial charge in [-0.25, -0.2) is 0 Å². The molecule has 1 unspecified atom stereocenters. The zero-order valence-corrected chi connectivity index (χ0v) is 17.2. The molecule has 128 valence electrons. The van der Waals surface area contributed by atoms with E-state index in [1.54, 1.807) is 0 Å². The highest BCUT2D eigenvalue weighted by molar-refractivity contribution is 14.1. The fourth-order valence-electron chi connectivity index (χ4n) is 3.30. The Kier molecular flexibility index (Phi) is 6.63. The van der Waals surface area contributed by atoms with Crippen molar-refractivity contribution >= 4 is 45.8 Å². The highest BCUT2D eigenvalue weighted by Gasteiger charge is 2.44. The van der Waals surface area contributed by atoms with Gasteiger partial charge in [0.2, 0.25) is 0 Å². The third kappa shape index (κ3) is 4.13. The average molecular weight is 461 g/mol. The molecule has 25 heavy (non-hydrogen) atoms. The van der Waals surface area contributed by atoms with E-state index in [9.17, 15) is 5.11 Å². The van der Waals surface area contributed by atoms with E-state index in [4.69, 9.17) is 0 Å². The Labute approximate surface area is 164 Å². The number of benzene rings is 3. The minimum atomic E-state index is -1.78. The summed E-state index contributed by atoms with van der Waals surface area (Å²) in [4.78, 5) is 0. The van der Waals surface area contributed by atoms with E-state index in [1.165, 1.54) is 15.9 Å². The predicted molar refractivity (Wildman–Crippen MR) is 120 cm³/mol. The summed E-state index contributed by atoms with van der Waals surface area (Å²) >= 11 is 2.27. The maximum atomic E-state index is 10.3. The summed E-state index contributed by atoms with van der Waals surface area (Å²) in [5.74, 6) is 0. The van der Waals surface area contributed by atoms with Gasteiger partial charge >= 0.3 is 0 Å². The molecule has 0 radical (unpaired) electrons. The van der Waals surface area contributed by atoms with Crippen molar-refractivity contribution in [3.63, 3.8) is 0 Å². The number of hydrogen-bond donors (Lipinski definition) is 1. The topological polar surface area (TPSA) is 20.2 Å². The highest BCUT2D eigenvalue weighted by Crippen LogP contribution is 2.55. The van der Waals surface area contributed by atoms with Crippen LogP contribution in [0.1, 0.15) is 6.42 Å². The zero-order valence-electron chi connectivity index (χ0n) is 14.1. The maximum Gasteiger partial charge on any atom is 0.112 e. The predicted octanol–water partition coefficient (Wildman–Crippen LogP) is 4.17. The summed E-state index contributed by atoms with van der Waals surface area (Å²) in [7, 11) is -1.78. The molecule has 1 atom stereocenters. The van der Waals surface area contributed by atoms with Crippen molar-refractivity contribution in [2.45, 2.75) is 12.5 Å². The molecule has 0 heterocycles.